The molecule has 1 heterocycles. The van der Waals surface area contributed by atoms with Gasteiger partial charge >= 0.3 is 6.01 Å². The average Bonchev–Trinajstić information content (AvgIpc) is 2.54. The van der Waals surface area contributed by atoms with Crippen LogP contribution in [-0.2, 0) is 0 Å². The first-order valence-electron chi connectivity index (χ1n) is 4.45. The van der Waals surface area contributed by atoms with Crippen LogP contribution in [0.4, 0.5) is 6.01 Å². The molecule has 66 valence electrons. The summed E-state index contributed by atoms with van der Waals surface area (Å²) in [5.74, 6) is 1.28. The molecule has 2 rings (SSSR count). The number of anilines is 1. The Kier molecular flexibility index (Phi) is 1.98. The number of nitrogen functional groups attached to an aromatic ring is 1. The summed E-state index contributed by atoms with van der Waals surface area (Å²) in [5.41, 5.74) is 5.34. The van der Waals surface area contributed by atoms with Gasteiger partial charge in [0.1, 0.15) is 0 Å². The smallest absolute Gasteiger partial charge is 0.318 e. The number of rotatable bonds is 1. The molecule has 2 N–H and O–H groups in total. The lowest BCUT2D eigenvalue weighted by atomic mass is 9.89. The largest absolute Gasteiger partial charge is 0.351 e. The SMILES string of the molecule is Nc1nc(C2CCCCC2)no1. The van der Waals surface area contributed by atoms with Crippen molar-refractivity contribution in [3.8, 4) is 0 Å². The van der Waals surface area contributed by atoms with Gasteiger partial charge in [-0.25, -0.2) is 0 Å². The molecule has 0 saturated heterocycles. The van der Waals surface area contributed by atoms with Gasteiger partial charge in [0.15, 0.2) is 5.82 Å². The van der Waals surface area contributed by atoms with E-state index in [-0.39, 0.29) is 6.01 Å². The Morgan fingerprint density at radius 1 is 1.25 bits per heavy atom. The highest BCUT2D eigenvalue weighted by Crippen LogP contribution is 2.30. The summed E-state index contributed by atoms with van der Waals surface area (Å²) in [6, 6.07) is 0.190. The van der Waals surface area contributed by atoms with Gasteiger partial charge in [-0.15, -0.1) is 0 Å². The Bertz CT molecular complexity index is 253. The van der Waals surface area contributed by atoms with E-state index >= 15 is 0 Å². The maximum Gasteiger partial charge on any atom is 0.318 e. The third-order valence-corrected chi connectivity index (χ3v) is 2.43. The summed E-state index contributed by atoms with van der Waals surface area (Å²) >= 11 is 0. The highest BCUT2D eigenvalue weighted by molar-refractivity contribution is 5.10. The lowest BCUT2D eigenvalue weighted by Crippen LogP contribution is -2.06. The summed E-state index contributed by atoms with van der Waals surface area (Å²) in [4.78, 5) is 4.03. The van der Waals surface area contributed by atoms with Gasteiger partial charge in [-0.2, -0.15) is 4.98 Å². The normalized spacial score (nSPS) is 19.7. The summed E-state index contributed by atoms with van der Waals surface area (Å²) < 4.78 is 4.73. The molecule has 0 spiro atoms. The first-order valence-corrected chi connectivity index (χ1v) is 4.45. The van der Waals surface area contributed by atoms with E-state index in [1.54, 1.807) is 0 Å². The zero-order valence-electron chi connectivity index (χ0n) is 6.99. The standard InChI is InChI=1S/C8H13N3O/c9-8-10-7(11-12-8)6-4-2-1-3-5-6/h6H,1-5H2,(H2,9,10,11). The van der Waals surface area contributed by atoms with Gasteiger partial charge in [0, 0.05) is 5.92 Å². The van der Waals surface area contributed by atoms with Gasteiger partial charge in [-0.05, 0) is 12.8 Å². The highest BCUT2D eigenvalue weighted by atomic mass is 16.5. The van der Waals surface area contributed by atoms with Crippen LogP contribution in [0.15, 0.2) is 4.52 Å². The van der Waals surface area contributed by atoms with Crippen molar-refractivity contribution in [3.05, 3.63) is 5.82 Å². The molecule has 1 aliphatic rings. The number of hydrogen-bond donors (Lipinski definition) is 1. The van der Waals surface area contributed by atoms with Crippen LogP contribution in [0.25, 0.3) is 0 Å². The van der Waals surface area contributed by atoms with Crippen molar-refractivity contribution in [3.63, 3.8) is 0 Å². The second-order valence-electron chi connectivity index (χ2n) is 3.33. The predicted octanol–water partition coefficient (Wildman–Crippen LogP) is 1.70. The Labute approximate surface area is 71.1 Å². The molecule has 1 fully saturated rings. The summed E-state index contributed by atoms with van der Waals surface area (Å²) in [7, 11) is 0. The Hall–Kier alpha value is -1.06. The van der Waals surface area contributed by atoms with E-state index in [4.69, 9.17) is 10.3 Å². The molecule has 4 heteroatoms. The average molecular weight is 167 g/mol. The van der Waals surface area contributed by atoms with Gasteiger partial charge in [-0.1, -0.05) is 24.4 Å². The van der Waals surface area contributed by atoms with Crippen molar-refractivity contribution in [1.82, 2.24) is 10.1 Å². The number of hydrogen-bond acceptors (Lipinski definition) is 4. The fraction of sp³-hybridized carbons (Fsp3) is 0.750. The lowest BCUT2D eigenvalue weighted by molar-refractivity contribution is 0.387. The second-order valence-corrected chi connectivity index (χ2v) is 3.33. The third-order valence-electron chi connectivity index (χ3n) is 2.43. The second kappa shape index (κ2) is 3.13. The van der Waals surface area contributed by atoms with Crippen molar-refractivity contribution in [2.75, 3.05) is 5.73 Å². The summed E-state index contributed by atoms with van der Waals surface area (Å²) in [6.45, 7) is 0. The van der Waals surface area contributed by atoms with Crippen LogP contribution in [0, 0.1) is 0 Å². The van der Waals surface area contributed by atoms with Gasteiger partial charge in [0.2, 0.25) is 0 Å². The predicted molar refractivity (Wildman–Crippen MR) is 44.5 cm³/mol. The highest BCUT2D eigenvalue weighted by Gasteiger charge is 2.19. The number of nitrogens with two attached hydrogens (primary N) is 1. The molecule has 0 amide bonds. The van der Waals surface area contributed by atoms with E-state index < -0.39 is 0 Å². The Morgan fingerprint density at radius 2 is 2.00 bits per heavy atom. The molecule has 0 bridgehead atoms. The maximum atomic E-state index is 5.34. The molecular formula is C8H13N3O. The monoisotopic (exact) mass is 167 g/mol. The number of nitrogens with zero attached hydrogens (tertiary/aromatic N) is 2. The van der Waals surface area contributed by atoms with Crippen molar-refractivity contribution < 1.29 is 4.52 Å². The molecule has 1 saturated carbocycles. The van der Waals surface area contributed by atoms with Crippen LogP contribution in [0.3, 0.4) is 0 Å². The van der Waals surface area contributed by atoms with Gasteiger partial charge in [0.25, 0.3) is 0 Å². The molecule has 4 nitrogen and oxygen atoms in total. The number of aromatic nitrogens is 2. The van der Waals surface area contributed by atoms with Crippen LogP contribution in [0.2, 0.25) is 0 Å². The van der Waals surface area contributed by atoms with Gasteiger partial charge in [0.05, 0.1) is 0 Å². The zero-order valence-corrected chi connectivity index (χ0v) is 6.99. The molecule has 12 heavy (non-hydrogen) atoms. The Balaban J connectivity index is 2.08. The maximum absolute atomic E-state index is 5.34. The topological polar surface area (TPSA) is 64.9 Å². The molecule has 1 aromatic rings. The van der Waals surface area contributed by atoms with Gasteiger partial charge < -0.3 is 10.3 Å². The van der Waals surface area contributed by atoms with E-state index in [0.717, 1.165) is 5.82 Å². The molecule has 1 aliphatic carbocycles. The molecular weight excluding hydrogens is 154 g/mol. The van der Waals surface area contributed by atoms with Crippen molar-refractivity contribution in [2.45, 2.75) is 38.0 Å². The first kappa shape index (κ1) is 7.58. The van der Waals surface area contributed by atoms with Crippen molar-refractivity contribution in [1.29, 1.82) is 0 Å². The van der Waals surface area contributed by atoms with Crippen LogP contribution >= 0.6 is 0 Å². The zero-order chi connectivity index (χ0) is 8.39. The fourth-order valence-corrected chi connectivity index (χ4v) is 1.77. The van der Waals surface area contributed by atoms with Gasteiger partial charge in [-0.3, -0.25) is 0 Å². The minimum absolute atomic E-state index is 0.190. The summed E-state index contributed by atoms with van der Waals surface area (Å²) in [6.07, 6.45) is 6.25. The fourth-order valence-electron chi connectivity index (χ4n) is 1.77. The van der Waals surface area contributed by atoms with E-state index in [9.17, 15) is 0 Å². The third kappa shape index (κ3) is 1.42. The quantitative estimate of drug-likeness (QED) is 0.691. The van der Waals surface area contributed by atoms with Crippen LogP contribution in [0.1, 0.15) is 43.8 Å². The molecule has 0 unspecified atom stereocenters. The molecule has 0 aromatic carbocycles. The van der Waals surface area contributed by atoms with Crippen LogP contribution in [0.5, 0.6) is 0 Å². The van der Waals surface area contributed by atoms with Crippen molar-refractivity contribution >= 4 is 6.01 Å². The van der Waals surface area contributed by atoms with Crippen molar-refractivity contribution in [2.24, 2.45) is 0 Å². The Morgan fingerprint density at radius 3 is 2.58 bits per heavy atom. The molecule has 0 atom stereocenters. The molecule has 0 radical (unpaired) electrons. The van der Waals surface area contributed by atoms with Crippen LogP contribution in [-0.4, -0.2) is 10.1 Å². The minimum Gasteiger partial charge on any atom is -0.351 e. The molecule has 0 aliphatic heterocycles. The van der Waals surface area contributed by atoms with Crippen LogP contribution < -0.4 is 5.73 Å². The van der Waals surface area contributed by atoms with E-state index in [1.165, 1.54) is 32.1 Å². The summed E-state index contributed by atoms with van der Waals surface area (Å²) in [5, 5.41) is 3.83. The first-order chi connectivity index (χ1) is 5.86. The molecule has 1 aromatic heterocycles. The minimum atomic E-state index is 0.190. The van der Waals surface area contributed by atoms with E-state index in [2.05, 4.69) is 10.1 Å². The van der Waals surface area contributed by atoms with E-state index in [0.29, 0.717) is 5.92 Å². The lowest BCUT2D eigenvalue weighted by Gasteiger charge is -2.17. The van der Waals surface area contributed by atoms with E-state index in [1.807, 2.05) is 0 Å².